The van der Waals surface area contributed by atoms with Crippen LogP contribution >= 0.6 is 23.2 Å². The van der Waals surface area contributed by atoms with Gasteiger partial charge in [0.05, 0.1) is 12.5 Å². The number of nitrogens with zero attached hydrogens (tertiary/aromatic N) is 2. The lowest BCUT2D eigenvalue weighted by atomic mass is 9.95. The minimum absolute atomic E-state index is 0.147. The molecule has 1 heterocycles. The van der Waals surface area contributed by atoms with Crippen LogP contribution in [0.25, 0.3) is 0 Å². The molecule has 1 aromatic rings. The first-order chi connectivity index (χ1) is 7.97. The molecule has 0 bridgehead atoms. The van der Waals surface area contributed by atoms with Crippen molar-refractivity contribution >= 4 is 23.2 Å². The zero-order valence-electron chi connectivity index (χ0n) is 9.27. The maximum Gasteiger partial charge on any atom is 0.233 e. The van der Waals surface area contributed by atoms with Crippen molar-refractivity contribution < 1.29 is 4.92 Å². The van der Waals surface area contributed by atoms with Gasteiger partial charge in [-0.15, -0.1) is 0 Å². The molecule has 0 spiro atoms. The van der Waals surface area contributed by atoms with Crippen LogP contribution in [-0.2, 0) is 0 Å². The Labute approximate surface area is 109 Å². The number of likely N-dealkylation sites (N-methyl/N-ethyl adjacent to an activating group) is 1. The van der Waals surface area contributed by atoms with E-state index in [1.165, 1.54) is 0 Å². The summed E-state index contributed by atoms with van der Waals surface area (Å²) in [6.07, 6.45) is 0. The quantitative estimate of drug-likeness (QED) is 0.615. The molecule has 2 rings (SSSR count). The predicted molar refractivity (Wildman–Crippen MR) is 67.5 cm³/mol. The first-order valence-corrected chi connectivity index (χ1v) is 6.01. The molecule has 0 aromatic heterocycles. The van der Waals surface area contributed by atoms with Gasteiger partial charge in [0.25, 0.3) is 0 Å². The van der Waals surface area contributed by atoms with Crippen LogP contribution in [0.1, 0.15) is 11.5 Å². The largest absolute Gasteiger partial charge is 0.299 e. The van der Waals surface area contributed by atoms with E-state index >= 15 is 0 Å². The average molecular weight is 275 g/mol. The Kier molecular flexibility index (Phi) is 3.56. The molecule has 1 aliphatic heterocycles. The van der Waals surface area contributed by atoms with Crippen molar-refractivity contribution in [3.8, 4) is 0 Å². The van der Waals surface area contributed by atoms with Gasteiger partial charge in [0.2, 0.25) is 6.04 Å². The molecule has 1 fully saturated rings. The predicted octanol–water partition coefficient (Wildman–Crippen LogP) is 2.67. The molecule has 1 aliphatic rings. The fraction of sp³-hybridized carbons (Fsp3) is 0.455. The van der Waals surface area contributed by atoms with Crippen molar-refractivity contribution in [1.82, 2.24) is 4.90 Å². The van der Waals surface area contributed by atoms with Gasteiger partial charge in [-0.3, -0.25) is 15.0 Å². The number of likely N-dealkylation sites (tertiary alicyclic amines) is 1. The van der Waals surface area contributed by atoms with Gasteiger partial charge in [-0.1, -0.05) is 23.2 Å². The Balaban J connectivity index is 2.34. The SMILES string of the molecule is CN1CC(c2cc(Cl)cc(Cl)c2)C([N+](=O)[O-])C1. The Morgan fingerprint density at radius 3 is 2.41 bits per heavy atom. The number of hydrogen-bond donors (Lipinski definition) is 0. The monoisotopic (exact) mass is 274 g/mol. The summed E-state index contributed by atoms with van der Waals surface area (Å²) in [4.78, 5) is 12.7. The zero-order valence-corrected chi connectivity index (χ0v) is 10.8. The number of benzene rings is 1. The highest BCUT2D eigenvalue weighted by Crippen LogP contribution is 2.32. The summed E-state index contributed by atoms with van der Waals surface area (Å²) in [6, 6.07) is 4.56. The van der Waals surface area contributed by atoms with Crippen LogP contribution < -0.4 is 0 Å². The van der Waals surface area contributed by atoms with Crippen molar-refractivity contribution in [2.45, 2.75) is 12.0 Å². The molecule has 0 saturated carbocycles. The first-order valence-electron chi connectivity index (χ1n) is 5.25. The highest BCUT2D eigenvalue weighted by atomic mass is 35.5. The summed E-state index contributed by atoms with van der Waals surface area (Å²) >= 11 is 11.8. The van der Waals surface area contributed by atoms with E-state index in [1.807, 2.05) is 11.9 Å². The third-order valence-corrected chi connectivity index (χ3v) is 3.49. The summed E-state index contributed by atoms with van der Waals surface area (Å²) in [5, 5.41) is 12.0. The van der Waals surface area contributed by atoms with Gasteiger partial charge in [-0.25, -0.2) is 0 Å². The van der Waals surface area contributed by atoms with Crippen LogP contribution in [0.3, 0.4) is 0 Å². The van der Waals surface area contributed by atoms with E-state index in [1.54, 1.807) is 18.2 Å². The minimum Gasteiger partial charge on any atom is -0.299 e. The molecule has 0 N–H and O–H groups in total. The van der Waals surface area contributed by atoms with Crippen LogP contribution in [0.5, 0.6) is 0 Å². The average Bonchev–Trinajstić information content (AvgIpc) is 2.59. The minimum atomic E-state index is -0.588. The van der Waals surface area contributed by atoms with Crippen molar-refractivity contribution in [2.75, 3.05) is 20.1 Å². The van der Waals surface area contributed by atoms with Gasteiger partial charge < -0.3 is 0 Å². The summed E-state index contributed by atoms with van der Waals surface area (Å²) in [5.74, 6) is -0.147. The smallest absolute Gasteiger partial charge is 0.233 e. The molecular formula is C11H12Cl2N2O2. The number of hydrogen-bond acceptors (Lipinski definition) is 3. The maximum atomic E-state index is 11.0. The highest BCUT2D eigenvalue weighted by Gasteiger charge is 2.40. The van der Waals surface area contributed by atoms with E-state index < -0.39 is 6.04 Å². The fourth-order valence-electron chi connectivity index (χ4n) is 2.31. The van der Waals surface area contributed by atoms with Gasteiger partial charge in [0.15, 0.2) is 0 Å². The molecule has 4 nitrogen and oxygen atoms in total. The van der Waals surface area contributed by atoms with E-state index in [0.29, 0.717) is 23.1 Å². The second kappa shape index (κ2) is 4.80. The molecular weight excluding hydrogens is 263 g/mol. The van der Waals surface area contributed by atoms with Gasteiger partial charge in [-0.2, -0.15) is 0 Å². The summed E-state index contributed by atoms with van der Waals surface area (Å²) in [7, 11) is 1.88. The van der Waals surface area contributed by atoms with Crippen LogP contribution in [0.4, 0.5) is 0 Å². The summed E-state index contributed by atoms with van der Waals surface area (Å²) < 4.78 is 0. The van der Waals surface area contributed by atoms with Gasteiger partial charge in [0.1, 0.15) is 0 Å². The van der Waals surface area contributed by atoms with E-state index in [2.05, 4.69) is 0 Å². The molecule has 92 valence electrons. The second-order valence-electron chi connectivity index (χ2n) is 4.38. The molecule has 1 saturated heterocycles. The normalized spacial score (nSPS) is 25.1. The van der Waals surface area contributed by atoms with Gasteiger partial charge in [-0.05, 0) is 30.8 Å². The van der Waals surface area contributed by atoms with E-state index in [4.69, 9.17) is 23.2 Å². The molecule has 2 atom stereocenters. The van der Waals surface area contributed by atoms with Crippen molar-refractivity contribution in [3.63, 3.8) is 0 Å². The lowest BCUT2D eigenvalue weighted by Crippen LogP contribution is -2.27. The number of nitro groups is 1. The molecule has 0 aliphatic carbocycles. The lowest BCUT2D eigenvalue weighted by molar-refractivity contribution is -0.521. The van der Waals surface area contributed by atoms with Crippen molar-refractivity contribution in [1.29, 1.82) is 0 Å². The Hall–Kier alpha value is -0.840. The van der Waals surface area contributed by atoms with Gasteiger partial charge in [0, 0.05) is 21.5 Å². The molecule has 0 radical (unpaired) electrons. The van der Waals surface area contributed by atoms with Crippen molar-refractivity contribution in [3.05, 3.63) is 43.9 Å². The van der Waals surface area contributed by atoms with E-state index in [0.717, 1.165) is 5.56 Å². The molecule has 0 amide bonds. The van der Waals surface area contributed by atoms with E-state index in [-0.39, 0.29) is 10.8 Å². The van der Waals surface area contributed by atoms with Crippen LogP contribution in [-0.4, -0.2) is 36.0 Å². The van der Waals surface area contributed by atoms with Gasteiger partial charge >= 0.3 is 0 Å². The van der Waals surface area contributed by atoms with Crippen LogP contribution in [0, 0.1) is 10.1 Å². The second-order valence-corrected chi connectivity index (χ2v) is 5.26. The molecule has 2 unspecified atom stereocenters. The fourth-order valence-corrected chi connectivity index (χ4v) is 2.85. The Morgan fingerprint density at radius 2 is 1.88 bits per heavy atom. The zero-order chi connectivity index (χ0) is 12.6. The lowest BCUT2D eigenvalue weighted by Gasteiger charge is -2.13. The maximum absolute atomic E-state index is 11.0. The third-order valence-electron chi connectivity index (χ3n) is 3.06. The molecule has 17 heavy (non-hydrogen) atoms. The standard InChI is InChI=1S/C11H12Cl2N2O2/c1-14-5-10(11(6-14)15(16)17)7-2-8(12)4-9(13)3-7/h2-4,10-11H,5-6H2,1H3. The summed E-state index contributed by atoms with van der Waals surface area (Å²) in [6.45, 7) is 1.12. The Bertz CT molecular complexity index is 433. The molecule has 6 heteroatoms. The summed E-state index contributed by atoms with van der Waals surface area (Å²) in [5.41, 5.74) is 0.841. The number of halogens is 2. The van der Waals surface area contributed by atoms with Crippen LogP contribution in [0.2, 0.25) is 10.0 Å². The van der Waals surface area contributed by atoms with Crippen molar-refractivity contribution in [2.24, 2.45) is 0 Å². The highest BCUT2D eigenvalue weighted by molar-refractivity contribution is 6.34. The van der Waals surface area contributed by atoms with E-state index in [9.17, 15) is 10.1 Å². The van der Waals surface area contributed by atoms with Crippen LogP contribution in [0.15, 0.2) is 18.2 Å². The number of rotatable bonds is 2. The topological polar surface area (TPSA) is 46.4 Å². The third kappa shape index (κ3) is 2.70. The Morgan fingerprint density at radius 1 is 1.29 bits per heavy atom. The molecule has 1 aromatic carbocycles. The first kappa shape index (κ1) is 12.6.